The lowest BCUT2D eigenvalue weighted by atomic mass is 10.1. The van der Waals surface area contributed by atoms with Crippen LogP contribution in [0, 0.1) is 11.8 Å². The van der Waals surface area contributed by atoms with E-state index in [9.17, 15) is 19.2 Å². The summed E-state index contributed by atoms with van der Waals surface area (Å²) in [6.45, 7) is 3.20. The van der Waals surface area contributed by atoms with Gasteiger partial charge in [-0.25, -0.2) is 9.48 Å². The second-order valence-electron chi connectivity index (χ2n) is 7.47. The van der Waals surface area contributed by atoms with Gasteiger partial charge in [-0.05, 0) is 30.2 Å². The van der Waals surface area contributed by atoms with Gasteiger partial charge < -0.3 is 23.7 Å². The third kappa shape index (κ3) is 6.59. The second kappa shape index (κ2) is 11.7. The Hall–Kier alpha value is -3.95. The molecule has 4 atom stereocenters. The van der Waals surface area contributed by atoms with E-state index in [1.807, 2.05) is 0 Å². The SMILES string of the molecule is COC(=O)c1nc(C#Cc2ccc(Cl)cc2)n([C@@H]2O[C@H](COC(C)=O)[C@@H](OC(C)=O)[C@H]2OC(C)=O)n1. The molecule has 1 saturated heterocycles. The lowest BCUT2D eigenvalue weighted by Gasteiger charge is -2.23. The van der Waals surface area contributed by atoms with E-state index in [0.29, 0.717) is 10.6 Å². The summed E-state index contributed by atoms with van der Waals surface area (Å²) in [6.07, 6.45) is -4.69. The molecule has 1 aromatic carbocycles. The summed E-state index contributed by atoms with van der Waals surface area (Å²) in [6, 6.07) is 6.65. The monoisotopic (exact) mass is 519 g/mol. The molecule has 0 bridgehead atoms. The standard InChI is InChI=1S/C23H22ClN3O9/c1-12(28)33-11-17-19(34-13(2)29)20(35-14(3)30)22(36-17)27-18(25-21(26-27)23(31)32-4)10-7-15-5-8-16(24)9-6-15/h5-6,8-9,17,19-20,22H,11H2,1-4H3/t17-,19-,20-,22-/m1/s1. The number of carbonyl (C=O) groups is 4. The van der Waals surface area contributed by atoms with E-state index in [0.717, 1.165) is 25.6 Å². The molecule has 2 heterocycles. The molecule has 12 nitrogen and oxygen atoms in total. The van der Waals surface area contributed by atoms with E-state index in [1.165, 1.54) is 6.92 Å². The van der Waals surface area contributed by atoms with Crippen LogP contribution in [0.2, 0.25) is 5.02 Å². The van der Waals surface area contributed by atoms with E-state index < -0.39 is 48.4 Å². The van der Waals surface area contributed by atoms with Gasteiger partial charge in [0.25, 0.3) is 5.82 Å². The average Bonchev–Trinajstić information content (AvgIpc) is 3.38. The van der Waals surface area contributed by atoms with Gasteiger partial charge in [-0.15, -0.1) is 5.10 Å². The number of ether oxygens (including phenoxy) is 5. The van der Waals surface area contributed by atoms with Crippen LogP contribution in [0.1, 0.15) is 49.0 Å². The van der Waals surface area contributed by atoms with Crippen molar-refractivity contribution in [2.45, 2.75) is 45.3 Å². The maximum Gasteiger partial charge on any atom is 0.378 e. The highest BCUT2D eigenvalue weighted by Crippen LogP contribution is 2.34. The van der Waals surface area contributed by atoms with Gasteiger partial charge in [-0.2, -0.15) is 4.98 Å². The lowest BCUT2D eigenvalue weighted by Crippen LogP contribution is -2.40. The van der Waals surface area contributed by atoms with Crippen LogP contribution in [0.15, 0.2) is 24.3 Å². The summed E-state index contributed by atoms with van der Waals surface area (Å²) in [5.74, 6) is 2.44. The van der Waals surface area contributed by atoms with Gasteiger partial charge in [0.2, 0.25) is 5.82 Å². The molecule has 0 amide bonds. The van der Waals surface area contributed by atoms with E-state index in [1.54, 1.807) is 24.3 Å². The molecule has 190 valence electrons. The van der Waals surface area contributed by atoms with Crippen LogP contribution >= 0.6 is 11.6 Å². The van der Waals surface area contributed by atoms with Crippen LogP contribution in [-0.2, 0) is 38.1 Å². The Morgan fingerprint density at radius 1 is 1.00 bits per heavy atom. The summed E-state index contributed by atoms with van der Waals surface area (Å²) in [7, 11) is 1.15. The first-order valence-electron chi connectivity index (χ1n) is 10.5. The number of hydrogen-bond acceptors (Lipinski definition) is 11. The minimum absolute atomic E-state index is 0.0396. The van der Waals surface area contributed by atoms with E-state index in [2.05, 4.69) is 21.9 Å². The lowest BCUT2D eigenvalue weighted by molar-refractivity contribution is -0.166. The summed E-state index contributed by atoms with van der Waals surface area (Å²) in [4.78, 5) is 51.3. The predicted octanol–water partition coefficient (Wildman–Crippen LogP) is 1.44. The van der Waals surface area contributed by atoms with Crippen molar-refractivity contribution in [1.29, 1.82) is 0 Å². The van der Waals surface area contributed by atoms with Crippen LogP contribution < -0.4 is 0 Å². The fourth-order valence-electron chi connectivity index (χ4n) is 3.31. The van der Waals surface area contributed by atoms with Crippen molar-refractivity contribution < 1.29 is 42.9 Å². The Bertz CT molecular complexity index is 1220. The Kier molecular flexibility index (Phi) is 8.63. The zero-order chi connectivity index (χ0) is 26.4. The maximum atomic E-state index is 12.1. The molecule has 0 N–H and O–H groups in total. The molecule has 1 aromatic heterocycles. The highest BCUT2D eigenvalue weighted by Gasteiger charge is 2.51. The zero-order valence-corrected chi connectivity index (χ0v) is 20.5. The van der Waals surface area contributed by atoms with Crippen molar-refractivity contribution in [1.82, 2.24) is 14.8 Å². The van der Waals surface area contributed by atoms with Gasteiger partial charge in [-0.1, -0.05) is 17.5 Å². The molecule has 0 unspecified atom stereocenters. The first-order valence-corrected chi connectivity index (χ1v) is 10.9. The Balaban J connectivity index is 2.07. The van der Waals surface area contributed by atoms with Crippen molar-refractivity contribution in [2.75, 3.05) is 13.7 Å². The molecule has 1 fully saturated rings. The van der Waals surface area contributed by atoms with Crippen molar-refractivity contribution in [3.05, 3.63) is 46.5 Å². The van der Waals surface area contributed by atoms with Gasteiger partial charge in [0.1, 0.15) is 12.7 Å². The van der Waals surface area contributed by atoms with Crippen molar-refractivity contribution in [2.24, 2.45) is 0 Å². The Labute approximate surface area is 210 Å². The molecule has 1 aliphatic rings. The van der Waals surface area contributed by atoms with Gasteiger partial charge in [0.05, 0.1) is 7.11 Å². The molecule has 1 aliphatic heterocycles. The number of aromatic nitrogens is 3. The van der Waals surface area contributed by atoms with Crippen molar-refractivity contribution >= 4 is 35.5 Å². The molecule has 0 spiro atoms. The molecule has 0 aliphatic carbocycles. The fourth-order valence-corrected chi connectivity index (χ4v) is 3.44. The summed E-state index contributed by atoms with van der Waals surface area (Å²) < 4.78 is 27.5. The van der Waals surface area contributed by atoms with E-state index in [4.69, 9.17) is 35.3 Å². The minimum atomic E-state index is -1.25. The fraction of sp³-hybridized carbons (Fsp3) is 0.391. The number of halogens is 1. The summed E-state index contributed by atoms with van der Waals surface area (Å²) in [5, 5.41) is 4.66. The van der Waals surface area contributed by atoms with Crippen LogP contribution in [-0.4, -0.2) is 70.7 Å². The smallest absolute Gasteiger partial charge is 0.378 e. The van der Waals surface area contributed by atoms with E-state index in [-0.39, 0.29) is 18.3 Å². The molecule has 36 heavy (non-hydrogen) atoms. The topological polar surface area (TPSA) is 145 Å². The van der Waals surface area contributed by atoms with Gasteiger partial charge in [-0.3, -0.25) is 14.4 Å². The predicted molar refractivity (Wildman–Crippen MR) is 120 cm³/mol. The minimum Gasteiger partial charge on any atom is -0.463 e. The molecule has 2 aromatic rings. The van der Waals surface area contributed by atoms with Crippen molar-refractivity contribution in [3.8, 4) is 11.8 Å². The Morgan fingerprint density at radius 2 is 1.64 bits per heavy atom. The van der Waals surface area contributed by atoms with Crippen LogP contribution in [0.25, 0.3) is 0 Å². The summed E-state index contributed by atoms with van der Waals surface area (Å²) >= 11 is 5.91. The first-order chi connectivity index (χ1) is 17.1. The number of hydrogen-bond donors (Lipinski definition) is 0. The number of rotatable bonds is 6. The third-order valence-corrected chi connectivity index (χ3v) is 5.00. The highest BCUT2D eigenvalue weighted by atomic mass is 35.5. The summed E-state index contributed by atoms with van der Waals surface area (Å²) in [5.41, 5.74) is 0.586. The normalized spacial score (nSPS) is 20.6. The highest BCUT2D eigenvalue weighted by molar-refractivity contribution is 6.30. The molecule has 0 saturated carbocycles. The molecular weight excluding hydrogens is 498 g/mol. The molecule has 13 heteroatoms. The van der Waals surface area contributed by atoms with E-state index >= 15 is 0 Å². The number of nitrogens with zero attached hydrogens (tertiary/aromatic N) is 3. The van der Waals surface area contributed by atoms with Crippen LogP contribution in [0.4, 0.5) is 0 Å². The number of carbonyl (C=O) groups excluding carboxylic acids is 4. The number of benzene rings is 1. The average molecular weight is 520 g/mol. The van der Waals surface area contributed by atoms with Gasteiger partial charge >= 0.3 is 23.9 Å². The second-order valence-corrected chi connectivity index (χ2v) is 7.90. The quantitative estimate of drug-likeness (QED) is 0.310. The molecule has 0 radical (unpaired) electrons. The number of esters is 4. The van der Waals surface area contributed by atoms with Gasteiger partial charge in [0, 0.05) is 31.4 Å². The zero-order valence-electron chi connectivity index (χ0n) is 19.7. The van der Waals surface area contributed by atoms with Crippen LogP contribution in [0.5, 0.6) is 0 Å². The number of methoxy groups -OCH3 is 1. The van der Waals surface area contributed by atoms with Crippen LogP contribution in [0.3, 0.4) is 0 Å². The Morgan fingerprint density at radius 3 is 2.22 bits per heavy atom. The maximum absolute atomic E-state index is 12.1. The molecular formula is C23H22ClN3O9. The molecule has 3 rings (SSSR count). The van der Waals surface area contributed by atoms with Gasteiger partial charge in [0.15, 0.2) is 18.4 Å². The third-order valence-electron chi connectivity index (χ3n) is 4.74. The first kappa shape index (κ1) is 26.7. The largest absolute Gasteiger partial charge is 0.463 e. The van der Waals surface area contributed by atoms with Crippen molar-refractivity contribution in [3.63, 3.8) is 0 Å².